The molecule has 3 rings (SSSR count). The molecule has 2 aliphatic rings. The number of rotatable bonds is 3. The highest BCUT2D eigenvalue weighted by molar-refractivity contribution is 5.29. The van der Waals surface area contributed by atoms with E-state index in [-0.39, 0.29) is 6.10 Å². The molecule has 0 spiro atoms. The van der Waals surface area contributed by atoms with Gasteiger partial charge >= 0.3 is 0 Å². The second kappa shape index (κ2) is 4.21. The fraction of sp³-hybridized carbons (Fsp3) is 0.600. The maximum atomic E-state index is 10.3. The SMILES string of the molecule is OC(c1ccc(C2CC2)cc1)C1CCCC1. The largest absolute Gasteiger partial charge is 0.388 e. The summed E-state index contributed by atoms with van der Waals surface area (Å²) in [6.45, 7) is 0. The summed E-state index contributed by atoms with van der Waals surface area (Å²) in [6, 6.07) is 8.70. The minimum atomic E-state index is -0.226. The number of hydrogen-bond acceptors (Lipinski definition) is 1. The molecule has 0 amide bonds. The molecule has 1 unspecified atom stereocenters. The lowest BCUT2D eigenvalue weighted by Gasteiger charge is -2.18. The van der Waals surface area contributed by atoms with E-state index in [0.717, 1.165) is 11.5 Å². The summed E-state index contributed by atoms with van der Waals surface area (Å²) < 4.78 is 0. The third-order valence-electron chi connectivity index (χ3n) is 4.17. The molecular weight excluding hydrogens is 196 g/mol. The predicted molar refractivity (Wildman–Crippen MR) is 65.3 cm³/mol. The predicted octanol–water partition coefficient (Wildman–Crippen LogP) is 3.79. The van der Waals surface area contributed by atoms with Crippen LogP contribution < -0.4 is 0 Å². The van der Waals surface area contributed by atoms with Gasteiger partial charge in [-0.05, 0) is 48.6 Å². The topological polar surface area (TPSA) is 20.2 Å². The maximum Gasteiger partial charge on any atom is 0.0818 e. The van der Waals surface area contributed by atoms with E-state index in [1.54, 1.807) is 0 Å². The van der Waals surface area contributed by atoms with E-state index in [9.17, 15) is 5.11 Å². The van der Waals surface area contributed by atoms with E-state index in [1.165, 1.54) is 44.1 Å². The third kappa shape index (κ3) is 2.01. The van der Waals surface area contributed by atoms with E-state index < -0.39 is 0 Å². The number of hydrogen-bond donors (Lipinski definition) is 1. The van der Waals surface area contributed by atoms with Gasteiger partial charge in [0, 0.05) is 0 Å². The zero-order valence-corrected chi connectivity index (χ0v) is 9.73. The second-order valence-electron chi connectivity index (χ2n) is 5.43. The van der Waals surface area contributed by atoms with Gasteiger partial charge in [0.05, 0.1) is 6.10 Å². The molecular formula is C15H20O. The van der Waals surface area contributed by atoms with Crippen LogP contribution in [0, 0.1) is 5.92 Å². The Hall–Kier alpha value is -0.820. The lowest BCUT2D eigenvalue weighted by Crippen LogP contribution is -2.08. The fourth-order valence-corrected chi connectivity index (χ4v) is 2.93. The van der Waals surface area contributed by atoms with Crippen molar-refractivity contribution < 1.29 is 5.11 Å². The van der Waals surface area contributed by atoms with Crippen molar-refractivity contribution in [3.05, 3.63) is 35.4 Å². The van der Waals surface area contributed by atoms with Crippen LogP contribution in [0.2, 0.25) is 0 Å². The second-order valence-corrected chi connectivity index (χ2v) is 5.43. The van der Waals surface area contributed by atoms with Gasteiger partial charge in [0.25, 0.3) is 0 Å². The Morgan fingerprint density at radius 1 is 0.938 bits per heavy atom. The standard InChI is InChI=1S/C15H20O/c16-15(13-3-1-2-4-13)14-9-7-12(8-10-14)11-5-6-11/h7-11,13,15-16H,1-6H2. The molecule has 1 heteroatoms. The normalized spacial score (nSPS) is 23.6. The Balaban J connectivity index is 1.72. The molecule has 0 aliphatic heterocycles. The Morgan fingerprint density at radius 2 is 1.56 bits per heavy atom. The van der Waals surface area contributed by atoms with E-state index in [2.05, 4.69) is 24.3 Å². The van der Waals surface area contributed by atoms with Crippen LogP contribution in [0.5, 0.6) is 0 Å². The van der Waals surface area contributed by atoms with E-state index in [1.807, 2.05) is 0 Å². The number of aliphatic hydroxyl groups is 1. The molecule has 0 aromatic heterocycles. The van der Waals surface area contributed by atoms with Gasteiger partial charge in [0.1, 0.15) is 0 Å². The molecule has 1 aromatic rings. The molecule has 16 heavy (non-hydrogen) atoms. The average molecular weight is 216 g/mol. The van der Waals surface area contributed by atoms with Crippen molar-refractivity contribution in [1.82, 2.24) is 0 Å². The zero-order valence-electron chi connectivity index (χ0n) is 9.73. The Bertz CT molecular complexity index is 344. The van der Waals surface area contributed by atoms with E-state index in [0.29, 0.717) is 5.92 Å². The average Bonchev–Trinajstić information content (AvgIpc) is 3.04. The minimum Gasteiger partial charge on any atom is -0.388 e. The summed E-state index contributed by atoms with van der Waals surface area (Å²) in [5, 5.41) is 10.3. The van der Waals surface area contributed by atoms with E-state index >= 15 is 0 Å². The van der Waals surface area contributed by atoms with Crippen LogP contribution in [-0.4, -0.2) is 5.11 Å². The molecule has 0 radical (unpaired) electrons. The highest BCUT2D eigenvalue weighted by Crippen LogP contribution is 2.41. The molecule has 86 valence electrons. The molecule has 1 nitrogen and oxygen atoms in total. The van der Waals surface area contributed by atoms with Crippen molar-refractivity contribution in [3.63, 3.8) is 0 Å². The van der Waals surface area contributed by atoms with Crippen molar-refractivity contribution in [3.8, 4) is 0 Å². The summed E-state index contributed by atoms with van der Waals surface area (Å²) in [5.41, 5.74) is 2.58. The molecule has 1 atom stereocenters. The van der Waals surface area contributed by atoms with Crippen molar-refractivity contribution in [1.29, 1.82) is 0 Å². The molecule has 2 fully saturated rings. The first-order valence-corrected chi connectivity index (χ1v) is 6.62. The first kappa shape index (κ1) is 10.3. The number of benzene rings is 1. The van der Waals surface area contributed by atoms with Crippen LogP contribution in [0.25, 0.3) is 0 Å². The Labute approximate surface area is 97.5 Å². The highest BCUT2D eigenvalue weighted by Gasteiger charge is 2.26. The summed E-state index contributed by atoms with van der Waals surface area (Å²) in [5.74, 6) is 1.32. The van der Waals surface area contributed by atoms with Gasteiger partial charge in [-0.25, -0.2) is 0 Å². The lowest BCUT2D eigenvalue weighted by molar-refractivity contribution is 0.111. The molecule has 1 aromatic carbocycles. The maximum absolute atomic E-state index is 10.3. The van der Waals surface area contributed by atoms with Gasteiger partial charge in [0.2, 0.25) is 0 Å². The molecule has 2 aliphatic carbocycles. The van der Waals surface area contributed by atoms with Crippen molar-refractivity contribution >= 4 is 0 Å². The molecule has 1 N–H and O–H groups in total. The minimum absolute atomic E-state index is 0.226. The smallest absolute Gasteiger partial charge is 0.0818 e. The first-order valence-electron chi connectivity index (χ1n) is 6.62. The van der Waals surface area contributed by atoms with Crippen LogP contribution in [0.1, 0.15) is 61.7 Å². The van der Waals surface area contributed by atoms with Crippen LogP contribution in [0.15, 0.2) is 24.3 Å². The molecule has 2 saturated carbocycles. The monoisotopic (exact) mass is 216 g/mol. The van der Waals surface area contributed by atoms with Gasteiger partial charge in [-0.3, -0.25) is 0 Å². The van der Waals surface area contributed by atoms with Gasteiger partial charge in [0.15, 0.2) is 0 Å². The third-order valence-corrected chi connectivity index (χ3v) is 4.17. The molecule has 0 saturated heterocycles. The molecule has 0 bridgehead atoms. The Kier molecular flexibility index (Phi) is 2.72. The summed E-state index contributed by atoms with van der Waals surface area (Å²) in [6.07, 6.45) is 7.46. The van der Waals surface area contributed by atoms with Crippen molar-refractivity contribution in [2.24, 2.45) is 5.92 Å². The van der Waals surface area contributed by atoms with Gasteiger partial charge < -0.3 is 5.11 Å². The van der Waals surface area contributed by atoms with Crippen LogP contribution in [0.3, 0.4) is 0 Å². The van der Waals surface area contributed by atoms with Crippen LogP contribution in [0.4, 0.5) is 0 Å². The zero-order chi connectivity index (χ0) is 11.0. The van der Waals surface area contributed by atoms with Crippen molar-refractivity contribution in [2.45, 2.75) is 50.5 Å². The van der Waals surface area contributed by atoms with Crippen LogP contribution >= 0.6 is 0 Å². The van der Waals surface area contributed by atoms with Gasteiger partial charge in [-0.2, -0.15) is 0 Å². The van der Waals surface area contributed by atoms with Gasteiger partial charge in [-0.15, -0.1) is 0 Å². The van der Waals surface area contributed by atoms with E-state index in [4.69, 9.17) is 0 Å². The Morgan fingerprint density at radius 3 is 2.12 bits per heavy atom. The van der Waals surface area contributed by atoms with Crippen molar-refractivity contribution in [2.75, 3.05) is 0 Å². The quantitative estimate of drug-likeness (QED) is 0.815. The lowest BCUT2D eigenvalue weighted by atomic mass is 9.93. The van der Waals surface area contributed by atoms with Crippen LogP contribution in [-0.2, 0) is 0 Å². The summed E-state index contributed by atoms with van der Waals surface area (Å²) >= 11 is 0. The van der Waals surface area contributed by atoms with Gasteiger partial charge in [-0.1, -0.05) is 37.1 Å². The first-order chi connectivity index (χ1) is 7.84. The summed E-state index contributed by atoms with van der Waals surface area (Å²) in [4.78, 5) is 0. The number of aliphatic hydroxyl groups excluding tert-OH is 1. The fourth-order valence-electron chi connectivity index (χ4n) is 2.93. The summed E-state index contributed by atoms with van der Waals surface area (Å²) in [7, 11) is 0. The molecule has 0 heterocycles. The highest BCUT2D eigenvalue weighted by atomic mass is 16.3.